The van der Waals surface area contributed by atoms with Gasteiger partial charge in [-0.05, 0) is 35.9 Å². The molecular formula is C13H14N2O3S. The Labute approximate surface area is 112 Å². The third-order valence-electron chi connectivity index (χ3n) is 2.51. The summed E-state index contributed by atoms with van der Waals surface area (Å²) < 4.78 is 28.2. The van der Waals surface area contributed by atoms with E-state index >= 15 is 0 Å². The number of benzene rings is 1. The summed E-state index contributed by atoms with van der Waals surface area (Å²) in [6.45, 7) is 0.409. The second-order valence-corrected chi connectivity index (χ2v) is 6.07. The zero-order chi connectivity index (χ0) is 13.9. The van der Waals surface area contributed by atoms with Crippen molar-refractivity contribution in [3.05, 3.63) is 48.2 Å². The van der Waals surface area contributed by atoms with Gasteiger partial charge < -0.3 is 10.5 Å². The minimum atomic E-state index is -3.19. The van der Waals surface area contributed by atoms with E-state index in [4.69, 9.17) is 10.5 Å². The van der Waals surface area contributed by atoms with Crippen LogP contribution >= 0.6 is 0 Å². The molecular weight excluding hydrogens is 264 g/mol. The Morgan fingerprint density at radius 2 is 1.89 bits per heavy atom. The number of rotatable bonds is 4. The lowest BCUT2D eigenvalue weighted by atomic mass is 10.3. The van der Waals surface area contributed by atoms with E-state index < -0.39 is 9.84 Å². The minimum Gasteiger partial charge on any atom is -0.439 e. The summed E-state index contributed by atoms with van der Waals surface area (Å²) in [5, 5.41) is 0. The third-order valence-corrected chi connectivity index (χ3v) is 3.64. The van der Waals surface area contributed by atoms with Gasteiger partial charge in [-0.15, -0.1) is 0 Å². The molecule has 1 aromatic carbocycles. The average molecular weight is 278 g/mol. The molecule has 0 atom stereocenters. The van der Waals surface area contributed by atoms with Crippen molar-refractivity contribution in [1.29, 1.82) is 0 Å². The van der Waals surface area contributed by atoms with Crippen LogP contribution in [-0.2, 0) is 16.4 Å². The van der Waals surface area contributed by atoms with E-state index in [1.54, 1.807) is 30.5 Å². The fraction of sp³-hybridized carbons (Fsp3) is 0.154. The number of hydrogen-bond acceptors (Lipinski definition) is 5. The first-order chi connectivity index (χ1) is 8.99. The molecule has 2 aromatic rings. The van der Waals surface area contributed by atoms with Crippen molar-refractivity contribution >= 4 is 9.84 Å². The Morgan fingerprint density at radius 3 is 2.47 bits per heavy atom. The van der Waals surface area contributed by atoms with Crippen LogP contribution in [0.4, 0.5) is 0 Å². The average Bonchev–Trinajstić information content (AvgIpc) is 2.38. The van der Waals surface area contributed by atoms with E-state index in [0.717, 1.165) is 11.8 Å². The van der Waals surface area contributed by atoms with Gasteiger partial charge in [0.25, 0.3) is 0 Å². The van der Waals surface area contributed by atoms with E-state index in [9.17, 15) is 8.42 Å². The highest BCUT2D eigenvalue weighted by molar-refractivity contribution is 7.90. The van der Waals surface area contributed by atoms with Crippen LogP contribution in [0.3, 0.4) is 0 Å². The van der Waals surface area contributed by atoms with Gasteiger partial charge in [0, 0.05) is 25.1 Å². The first-order valence-electron chi connectivity index (χ1n) is 5.62. The molecule has 0 saturated heterocycles. The summed E-state index contributed by atoms with van der Waals surface area (Å²) in [6, 6.07) is 9.72. The predicted octanol–water partition coefficient (Wildman–Crippen LogP) is 1.74. The summed E-state index contributed by atoms with van der Waals surface area (Å²) in [6.07, 6.45) is 2.78. The first kappa shape index (κ1) is 13.5. The summed E-state index contributed by atoms with van der Waals surface area (Å²) in [7, 11) is -3.19. The van der Waals surface area contributed by atoms with Gasteiger partial charge in [-0.2, -0.15) is 0 Å². The molecule has 1 heterocycles. The number of nitrogens with two attached hydrogens (primary N) is 1. The van der Waals surface area contributed by atoms with Crippen LogP contribution in [0.15, 0.2) is 47.5 Å². The van der Waals surface area contributed by atoms with Gasteiger partial charge in [-0.1, -0.05) is 0 Å². The molecule has 5 nitrogen and oxygen atoms in total. The smallest absolute Gasteiger partial charge is 0.219 e. The number of ether oxygens (including phenoxy) is 1. The lowest BCUT2D eigenvalue weighted by molar-refractivity contribution is 0.461. The molecule has 6 heteroatoms. The van der Waals surface area contributed by atoms with E-state index in [1.165, 1.54) is 12.1 Å². The maximum Gasteiger partial charge on any atom is 0.219 e. The summed E-state index contributed by atoms with van der Waals surface area (Å²) >= 11 is 0. The quantitative estimate of drug-likeness (QED) is 0.921. The molecule has 0 spiro atoms. The van der Waals surface area contributed by atoms with E-state index in [2.05, 4.69) is 4.98 Å². The molecule has 0 aliphatic heterocycles. The molecule has 0 aliphatic carbocycles. The van der Waals surface area contributed by atoms with Crippen LogP contribution in [0.2, 0.25) is 0 Å². The van der Waals surface area contributed by atoms with Gasteiger partial charge in [-0.3, -0.25) is 0 Å². The maximum atomic E-state index is 11.3. The van der Waals surface area contributed by atoms with Gasteiger partial charge in [0.05, 0.1) is 4.90 Å². The molecule has 0 bridgehead atoms. The second kappa shape index (κ2) is 5.38. The number of aromatic nitrogens is 1. The van der Waals surface area contributed by atoms with E-state index in [0.29, 0.717) is 18.2 Å². The third kappa shape index (κ3) is 3.52. The van der Waals surface area contributed by atoms with Crippen molar-refractivity contribution in [1.82, 2.24) is 4.98 Å². The molecule has 0 unspecified atom stereocenters. The van der Waals surface area contributed by atoms with Crippen molar-refractivity contribution in [2.75, 3.05) is 6.26 Å². The lowest BCUT2D eigenvalue weighted by Gasteiger charge is -2.06. The molecule has 2 N–H and O–H groups in total. The lowest BCUT2D eigenvalue weighted by Crippen LogP contribution is -1.98. The summed E-state index contributed by atoms with van der Waals surface area (Å²) in [5.74, 6) is 0.948. The Hall–Kier alpha value is -1.92. The van der Waals surface area contributed by atoms with Crippen molar-refractivity contribution in [2.24, 2.45) is 5.73 Å². The van der Waals surface area contributed by atoms with Gasteiger partial charge in [0.15, 0.2) is 9.84 Å². The molecule has 2 rings (SSSR count). The van der Waals surface area contributed by atoms with Crippen LogP contribution in [0, 0.1) is 0 Å². The number of sulfone groups is 1. The fourth-order valence-corrected chi connectivity index (χ4v) is 2.14. The van der Waals surface area contributed by atoms with Gasteiger partial charge >= 0.3 is 0 Å². The monoisotopic (exact) mass is 278 g/mol. The SMILES string of the molecule is CS(=O)(=O)c1ccc(Oc2cc(CN)ccn2)cc1. The van der Waals surface area contributed by atoms with Crippen molar-refractivity contribution < 1.29 is 13.2 Å². The Balaban J connectivity index is 2.19. The predicted molar refractivity (Wildman–Crippen MR) is 71.8 cm³/mol. The zero-order valence-corrected chi connectivity index (χ0v) is 11.2. The maximum absolute atomic E-state index is 11.3. The molecule has 0 saturated carbocycles. The summed E-state index contributed by atoms with van der Waals surface area (Å²) in [4.78, 5) is 4.31. The molecule has 1 aromatic heterocycles. The van der Waals surface area contributed by atoms with E-state index in [-0.39, 0.29) is 4.90 Å². The van der Waals surface area contributed by atoms with Crippen LogP contribution in [0.5, 0.6) is 11.6 Å². The highest BCUT2D eigenvalue weighted by Gasteiger charge is 2.07. The van der Waals surface area contributed by atoms with Crippen LogP contribution in [0.1, 0.15) is 5.56 Å². The molecule has 0 aliphatic rings. The van der Waals surface area contributed by atoms with Crippen molar-refractivity contribution in [2.45, 2.75) is 11.4 Å². The normalized spacial score (nSPS) is 11.3. The van der Waals surface area contributed by atoms with Gasteiger partial charge in [-0.25, -0.2) is 13.4 Å². The van der Waals surface area contributed by atoms with Crippen molar-refractivity contribution in [3.63, 3.8) is 0 Å². The topological polar surface area (TPSA) is 82.3 Å². The Bertz CT molecular complexity index is 667. The molecule has 0 radical (unpaired) electrons. The van der Waals surface area contributed by atoms with Crippen LogP contribution in [-0.4, -0.2) is 19.7 Å². The number of nitrogens with zero attached hydrogens (tertiary/aromatic N) is 1. The highest BCUT2D eigenvalue weighted by atomic mass is 32.2. The summed E-state index contributed by atoms with van der Waals surface area (Å²) in [5.41, 5.74) is 6.44. The molecule has 0 amide bonds. The first-order valence-corrected chi connectivity index (χ1v) is 7.51. The van der Waals surface area contributed by atoms with Gasteiger partial charge in [0.1, 0.15) is 5.75 Å². The van der Waals surface area contributed by atoms with Gasteiger partial charge in [0.2, 0.25) is 5.88 Å². The second-order valence-electron chi connectivity index (χ2n) is 4.05. The fourth-order valence-electron chi connectivity index (χ4n) is 1.51. The largest absolute Gasteiger partial charge is 0.439 e. The number of pyridine rings is 1. The number of hydrogen-bond donors (Lipinski definition) is 1. The molecule has 19 heavy (non-hydrogen) atoms. The van der Waals surface area contributed by atoms with Crippen molar-refractivity contribution in [3.8, 4) is 11.6 Å². The van der Waals surface area contributed by atoms with Crippen LogP contribution < -0.4 is 10.5 Å². The molecule has 0 fully saturated rings. The molecule has 100 valence electrons. The van der Waals surface area contributed by atoms with E-state index in [1.807, 2.05) is 0 Å². The van der Waals surface area contributed by atoms with Crippen LogP contribution in [0.25, 0.3) is 0 Å². The standard InChI is InChI=1S/C13H14N2O3S/c1-19(16,17)12-4-2-11(3-5-12)18-13-8-10(9-14)6-7-15-13/h2-8H,9,14H2,1H3. The highest BCUT2D eigenvalue weighted by Crippen LogP contribution is 2.21. The zero-order valence-electron chi connectivity index (χ0n) is 10.4. The Kier molecular flexibility index (Phi) is 3.82. The minimum absolute atomic E-state index is 0.253. The Morgan fingerprint density at radius 1 is 1.21 bits per heavy atom.